The second-order valence-electron chi connectivity index (χ2n) is 6.33. The number of nitrogens with one attached hydrogen (secondary N) is 3. The smallest absolute Gasteiger partial charge is 0.251 e. The van der Waals surface area contributed by atoms with Gasteiger partial charge in [0.1, 0.15) is 0 Å². The molecule has 0 atom stereocenters. The highest BCUT2D eigenvalue weighted by molar-refractivity contribution is 6.00. The lowest BCUT2D eigenvalue weighted by Crippen LogP contribution is -2.32. The van der Waals surface area contributed by atoms with Gasteiger partial charge in [-0.25, -0.2) is 0 Å². The Morgan fingerprint density at radius 2 is 1.41 bits per heavy atom. The summed E-state index contributed by atoms with van der Waals surface area (Å²) >= 11 is 0. The molecule has 0 saturated carbocycles. The van der Waals surface area contributed by atoms with Gasteiger partial charge in [0.05, 0.1) is 6.54 Å². The molecule has 6 nitrogen and oxygen atoms in total. The van der Waals surface area contributed by atoms with E-state index in [4.69, 9.17) is 0 Å². The minimum Gasteiger partial charge on any atom is -0.355 e. The molecule has 3 rings (SSSR count). The maximum Gasteiger partial charge on any atom is 0.251 e. The number of rotatable bonds is 6. The van der Waals surface area contributed by atoms with E-state index < -0.39 is 0 Å². The molecular weight excluding hydrogens is 366 g/mol. The summed E-state index contributed by atoms with van der Waals surface area (Å²) in [5, 5.41) is 7.79. The number of carbonyl (C=O) groups is 3. The first-order chi connectivity index (χ1) is 14.1. The molecule has 0 bridgehead atoms. The lowest BCUT2D eigenvalue weighted by atomic mass is 10.0. The molecule has 3 N–H and O–H groups in total. The van der Waals surface area contributed by atoms with Crippen molar-refractivity contribution in [2.24, 2.45) is 0 Å². The van der Waals surface area contributed by atoms with Gasteiger partial charge in [0.25, 0.3) is 11.8 Å². The fourth-order valence-electron chi connectivity index (χ4n) is 2.79. The van der Waals surface area contributed by atoms with Gasteiger partial charge < -0.3 is 16.0 Å². The third-order valence-electron chi connectivity index (χ3n) is 4.30. The summed E-state index contributed by atoms with van der Waals surface area (Å²) in [6.45, 7) is -0.177. The summed E-state index contributed by atoms with van der Waals surface area (Å²) in [6.07, 6.45) is 0. The molecule has 29 heavy (non-hydrogen) atoms. The molecule has 0 aliphatic rings. The maximum atomic E-state index is 12.3. The first-order valence-corrected chi connectivity index (χ1v) is 9.12. The van der Waals surface area contributed by atoms with Crippen LogP contribution in [0.1, 0.15) is 20.7 Å². The molecular formula is C23H21N3O3. The van der Waals surface area contributed by atoms with Gasteiger partial charge in [-0.15, -0.1) is 0 Å². The third kappa shape index (κ3) is 5.29. The lowest BCUT2D eigenvalue weighted by molar-refractivity contribution is -0.115. The van der Waals surface area contributed by atoms with Crippen molar-refractivity contribution >= 4 is 23.4 Å². The summed E-state index contributed by atoms with van der Waals surface area (Å²) in [5.41, 5.74) is 3.47. The number of benzene rings is 3. The molecule has 0 radical (unpaired) electrons. The zero-order chi connectivity index (χ0) is 20.6. The van der Waals surface area contributed by atoms with Crippen LogP contribution in [0.3, 0.4) is 0 Å². The van der Waals surface area contributed by atoms with Gasteiger partial charge >= 0.3 is 0 Å². The van der Waals surface area contributed by atoms with E-state index in [1.165, 1.54) is 7.05 Å². The number of carbonyl (C=O) groups excluding carboxylic acids is 3. The van der Waals surface area contributed by atoms with E-state index in [2.05, 4.69) is 16.0 Å². The summed E-state index contributed by atoms with van der Waals surface area (Å²) in [7, 11) is 1.54. The minimum absolute atomic E-state index is 0.177. The zero-order valence-corrected chi connectivity index (χ0v) is 15.9. The SMILES string of the molecule is CNC(=O)c1cccc(NC(=O)CNC(=O)c2ccc(-c3ccccc3)cc2)c1. The summed E-state index contributed by atoms with van der Waals surface area (Å²) < 4.78 is 0. The van der Waals surface area contributed by atoms with Crippen LogP contribution >= 0.6 is 0 Å². The molecule has 6 heteroatoms. The van der Waals surface area contributed by atoms with E-state index in [0.29, 0.717) is 16.8 Å². The predicted molar refractivity (Wildman–Crippen MR) is 113 cm³/mol. The highest BCUT2D eigenvalue weighted by atomic mass is 16.2. The van der Waals surface area contributed by atoms with Gasteiger partial charge in [0.15, 0.2) is 0 Å². The number of hydrogen-bond acceptors (Lipinski definition) is 3. The Hall–Kier alpha value is -3.93. The van der Waals surface area contributed by atoms with Crippen LogP contribution in [0.15, 0.2) is 78.9 Å². The van der Waals surface area contributed by atoms with Crippen molar-refractivity contribution in [3.05, 3.63) is 90.0 Å². The van der Waals surface area contributed by atoms with Crippen LogP contribution in [0.5, 0.6) is 0 Å². The fourth-order valence-corrected chi connectivity index (χ4v) is 2.79. The second kappa shape index (κ2) is 9.32. The molecule has 3 amide bonds. The molecule has 0 heterocycles. The van der Waals surface area contributed by atoms with Crippen molar-refractivity contribution in [1.29, 1.82) is 0 Å². The van der Waals surface area contributed by atoms with Crippen LogP contribution in [-0.4, -0.2) is 31.3 Å². The van der Waals surface area contributed by atoms with E-state index in [-0.39, 0.29) is 24.3 Å². The van der Waals surface area contributed by atoms with Crippen LogP contribution in [0.2, 0.25) is 0 Å². The van der Waals surface area contributed by atoms with Gasteiger partial charge in [-0.3, -0.25) is 14.4 Å². The Kier molecular flexibility index (Phi) is 6.37. The Balaban J connectivity index is 1.55. The zero-order valence-electron chi connectivity index (χ0n) is 15.9. The Morgan fingerprint density at radius 3 is 2.10 bits per heavy atom. The second-order valence-corrected chi connectivity index (χ2v) is 6.33. The molecule has 3 aromatic rings. The van der Waals surface area contributed by atoms with Crippen molar-refractivity contribution < 1.29 is 14.4 Å². The highest BCUT2D eigenvalue weighted by Crippen LogP contribution is 2.19. The molecule has 0 aromatic heterocycles. The standard InChI is InChI=1S/C23H21N3O3/c1-24-22(28)19-8-5-9-20(14-19)26-21(27)15-25-23(29)18-12-10-17(11-13-18)16-6-3-2-4-7-16/h2-14H,15H2,1H3,(H,24,28)(H,25,29)(H,26,27). The number of hydrogen-bond donors (Lipinski definition) is 3. The minimum atomic E-state index is -0.381. The van der Waals surface area contributed by atoms with Crippen molar-refractivity contribution in [3.8, 4) is 11.1 Å². The average molecular weight is 387 g/mol. The monoisotopic (exact) mass is 387 g/mol. The third-order valence-corrected chi connectivity index (χ3v) is 4.30. The van der Waals surface area contributed by atoms with Gasteiger partial charge in [0, 0.05) is 23.9 Å². The van der Waals surface area contributed by atoms with Gasteiger partial charge in [-0.05, 0) is 41.5 Å². The molecule has 0 aliphatic heterocycles. The molecule has 0 saturated heterocycles. The quantitative estimate of drug-likeness (QED) is 0.607. The molecule has 0 aliphatic carbocycles. The maximum absolute atomic E-state index is 12.3. The molecule has 0 fully saturated rings. The first-order valence-electron chi connectivity index (χ1n) is 9.12. The van der Waals surface area contributed by atoms with E-state index in [1.807, 2.05) is 42.5 Å². The van der Waals surface area contributed by atoms with Crippen molar-refractivity contribution in [2.75, 3.05) is 18.9 Å². The van der Waals surface area contributed by atoms with E-state index >= 15 is 0 Å². The van der Waals surface area contributed by atoms with Crippen LogP contribution in [0.4, 0.5) is 5.69 Å². The van der Waals surface area contributed by atoms with Gasteiger partial charge in [0.2, 0.25) is 5.91 Å². The Bertz CT molecular complexity index is 1020. The largest absolute Gasteiger partial charge is 0.355 e. The van der Waals surface area contributed by atoms with Crippen LogP contribution < -0.4 is 16.0 Å². The highest BCUT2D eigenvalue weighted by Gasteiger charge is 2.10. The van der Waals surface area contributed by atoms with E-state index in [9.17, 15) is 14.4 Å². The van der Waals surface area contributed by atoms with Crippen molar-refractivity contribution in [2.45, 2.75) is 0 Å². The summed E-state index contributed by atoms with van der Waals surface area (Å²) in [4.78, 5) is 36.1. The fraction of sp³-hybridized carbons (Fsp3) is 0.0870. The lowest BCUT2D eigenvalue weighted by Gasteiger charge is -2.09. The normalized spacial score (nSPS) is 10.1. The number of amides is 3. The predicted octanol–water partition coefficient (Wildman–Crippen LogP) is 3.08. The molecule has 0 unspecified atom stereocenters. The number of anilines is 1. The summed E-state index contributed by atoms with van der Waals surface area (Å²) in [5.74, 6) is -0.958. The van der Waals surface area contributed by atoms with E-state index in [0.717, 1.165) is 11.1 Å². The van der Waals surface area contributed by atoms with Crippen molar-refractivity contribution in [1.82, 2.24) is 10.6 Å². The average Bonchev–Trinajstić information content (AvgIpc) is 2.77. The van der Waals surface area contributed by atoms with Crippen LogP contribution in [-0.2, 0) is 4.79 Å². The Labute approximate surface area is 169 Å². The molecule has 3 aromatic carbocycles. The van der Waals surface area contributed by atoms with Crippen LogP contribution in [0.25, 0.3) is 11.1 Å². The topological polar surface area (TPSA) is 87.3 Å². The van der Waals surface area contributed by atoms with Crippen LogP contribution in [0, 0.1) is 0 Å². The van der Waals surface area contributed by atoms with Gasteiger partial charge in [-0.2, -0.15) is 0 Å². The Morgan fingerprint density at radius 1 is 0.724 bits per heavy atom. The molecule has 146 valence electrons. The summed E-state index contributed by atoms with van der Waals surface area (Å²) in [6, 6.07) is 23.6. The molecule has 0 spiro atoms. The first kappa shape index (κ1) is 19.8. The van der Waals surface area contributed by atoms with E-state index in [1.54, 1.807) is 36.4 Å². The van der Waals surface area contributed by atoms with Gasteiger partial charge in [-0.1, -0.05) is 48.5 Å². The van der Waals surface area contributed by atoms with Crippen molar-refractivity contribution in [3.63, 3.8) is 0 Å².